The van der Waals surface area contributed by atoms with Crippen LogP contribution in [0.2, 0.25) is 36.3 Å². The number of ether oxygens (including phenoxy) is 1. The van der Waals surface area contributed by atoms with Gasteiger partial charge in [-0.05, 0) is 42.3 Å². The molecule has 30 heavy (non-hydrogen) atoms. The predicted octanol–water partition coefficient (Wildman–Crippen LogP) is 4.65. The highest BCUT2D eigenvalue weighted by molar-refractivity contribution is 6.74. The summed E-state index contributed by atoms with van der Waals surface area (Å²) in [7, 11) is -4.37. The maximum absolute atomic E-state index is 12.6. The predicted molar refractivity (Wildman–Crippen MR) is 126 cm³/mol. The van der Waals surface area contributed by atoms with Crippen molar-refractivity contribution in [1.82, 2.24) is 9.55 Å². The fraction of sp³-hybridized carbons (Fsp3) is 0.714. The third kappa shape index (κ3) is 4.90. The Morgan fingerprint density at radius 2 is 1.57 bits per heavy atom. The van der Waals surface area contributed by atoms with Crippen LogP contribution in [-0.2, 0) is 13.6 Å². The molecule has 0 amide bonds. The summed E-state index contributed by atoms with van der Waals surface area (Å²) in [5.41, 5.74) is 5.20. The van der Waals surface area contributed by atoms with E-state index in [1.807, 2.05) is 0 Å². The van der Waals surface area contributed by atoms with Crippen LogP contribution in [-0.4, -0.2) is 38.4 Å². The topological polar surface area (TPSA) is 88.6 Å². The largest absolute Gasteiger partial charge is 0.469 e. The second-order valence-electron chi connectivity index (χ2n) is 11.2. The summed E-state index contributed by atoms with van der Waals surface area (Å²) in [5, 5.41) is -0.0141. The van der Waals surface area contributed by atoms with Gasteiger partial charge < -0.3 is 19.3 Å². The number of aromatic nitrogens is 2. The summed E-state index contributed by atoms with van der Waals surface area (Å²) >= 11 is 0. The van der Waals surface area contributed by atoms with E-state index in [9.17, 15) is 4.79 Å². The zero-order chi connectivity index (χ0) is 23.3. The molecule has 0 bridgehead atoms. The van der Waals surface area contributed by atoms with Crippen LogP contribution in [0.1, 0.15) is 47.8 Å². The van der Waals surface area contributed by atoms with Gasteiger partial charge in [0, 0.05) is 6.20 Å². The summed E-state index contributed by atoms with van der Waals surface area (Å²) in [4.78, 5) is 16.4. The smallest absolute Gasteiger partial charge is 0.352 e. The van der Waals surface area contributed by atoms with E-state index in [1.54, 1.807) is 12.3 Å². The molecule has 0 aromatic carbocycles. The first-order valence-corrected chi connectivity index (χ1v) is 16.2. The van der Waals surface area contributed by atoms with E-state index in [0.717, 1.165) is 0 Å². The lowest BCUT2D eigenvalue weighted by Gasteiger charge is -2.43. The Kier molecular flexibility index (Phi) is 6.56. The molecule has 0 saturated carbocycles. The lowest BCUT2D eigenvalue weighted by atomic mass is 10.2. The summed E-state index contributed by atoms with van der Waals surface area (Å²) in [6, 6.07) is 1.58. The van der Waals surface area contributed by atoms with Gasteiger partial charge >= 0.3 is 5.69 Å². The van der Waals surface area contributed by atoms with Crippen molar-refractivity contribution in [2.75, 3.05) is 5.73 Å². The SMILES string of the molecule is C=C1O[C@@H](n2ccc(N)nc2=O)[C@H](O[Si](C)(C)C(C)(C)C)[C@H]1O[Si](C)(C)C(C)(C)C. The molecular formula is C21H39N3O4Si2. The number of anilines is 1. The van der Waals surface area contributed by atoms with E-state index >= 15 is 0 Å². The Balaban J connectivity index is 2.52. The van der Waals surface area contributed by atoms with Gasteiger partial charge in [0.1, 0.15) is 23.8 Å². The number of hydrogen-bond donors (Lipinski definition) is 1. The third-order valence-corrected chi connectivity index (χ3v) is 15.7. The van der Waals surface area contributed by atoms with Gasteiger partial charge in [-0.25, -0.2) is 4.79 Å². The van der Waals surface area contributed by atoms with Gasteiger partial charge in [0.15, 0.2) is 16.6 Å². The molecule has 1 aromatic heterocycles. The zero-order valence-corrected chi connectivity index (χ0v) is 22.2. The molecule has 2 rings (SSSR count). The third-order valence-electron chi connectivity index (χ3n) is 6.76. The average molecular weight is 454 g/mol. The molecule has 1 aliphatic rings. The van der Waals surface area contributed by atoms with Crippen molar-refractivity contribution in [3.8, 4) is 0 Å². The molecule has 1 fully saturated rings. The van der Waals surface area contributed by atoms with Crippen LogP contribution in [0.3, 0.4) is 0 Å². The lowest BCUT2D eigenvalue weighted by molar-refractivity contribution is -0.00637. The zero-order valence-electron chi connectivity index (χ0n) is 20.2. The number of nitrogens with zero attached hydrogens (tertiary/aromatic N) is 2. The van der Waals surface area contributed by atoms with Crippen molar-refractivity contribution in [3.05, 3.63) is 35.1 Å². The minimum atomic E-state index is -2.21. The van der Waals surface area contributed by atoms with Gasteiger partial charge in [-0.3, -0.25) is 4.57 Å². The average Bonchev–Trinajstić information content (AvgIpc) is 2.81. The van der Waals surface area contributed by atoms with Crippen LogP contribution >= 0.6 is 0 Å². The first-order valence-electron chi connectivity index (χ1n) is 10.4. The standard InChI is InChI=1S/C21H39N3O4Si2/c1-14-16(27-29(8,9)20(2,3)4)17(28-30(10,11)21(5,6)7)18(26-14)24-13-12-15(22)23-19(24)25/h12-13,16-18H,1H2,2-11H3,(H2,22,23,25)/t16-,17+,18+/m0/s1. The van der Waals surface area contributed by atoms with Gasteiger partial charge in [-0.2, -0.15) is 4.98 Å². The Labute approximate surface area is 182 Å². The van der Waals surface area contributed by atoms with Gasteiger partial charge in [-0.15, -0.1) is 0 Å². The highest BCUT2D eigenvalue weighted by Crippen LogP contribution is 2.46. The minimum Gasteiger partial charge on any atom is -0.469 e. The quantitative estimate of drug-likeness (QED) is 0.653. The van der Waals surface area contributed by atoms with E-state index < -0.39 is 40.8 Å². The Bertz CT molecular complexity index is 853. The van der Waals surface area contributed by atoms with Crippen molar-refractivity contribution < 1.29 is 13.6 Å². The van der Waals surface area contributed by atoms with Crippen molar-refractivity contribution in [3.63, 3.8) is 0 Å². The van der Waals surface area contributed by atoms with Crippen LogP contribution in [0.5, 0.6) is 0 Å². The maximum atomic E-state index is 12.6. The molecule has 170 valence electrons. The van der Waals surface area contributed by atoms with Crippen LogP contribution in [0.25, 0.3) is 0 Å². The number of nitrogens with two attached hydrogens (primary N) is 1. The highest BCUT2D eigenvalue weighted by atomic mass is 28.4. The molecule has 1 aromatic rings. The first kappa shape index (κ1) is 24.8. The molecule has 0 spiro atoms. The van der Waals surface area contributed by atoms with Crippen molar-refractivity contribution in [2.24, 2.45) is 0 Å². The molecule has 7 nitrogen and oxygen atoms in total. The van der Waals surface area contributed by atoms with E-state index in [4.69, 9.17) is 19.3 Å². The monoisotopic (exact) mass is 453 g/mol. The van der Waals surface area contributed by atoms with Crippen molar-refractivity contribution in [1.29, 1.82) is 0 Å². The van der Waals surface area contributed by atoms with Crippen molar-refractivity contribution in [2.45, 2.75) is 96.2 Å². The van der Waals surface area contributed by atoms with Gasteiger partial charge in [0.25, 0.3) is 0 Å². The Morgan fingerprint density at radius 1 is 1.07 bits per heavy atom. The summed E-state index contributed by atoms with van der Waals surface area (Å²) in [6.07, 6.45) is -0.0774. The van der Waals surface area contributed by atoms with Crippen molar-refractivity contribution >= 4 is 22.5 Å². The molecule has 9 heteroatoms. The van der Waals surface area contributed by atoms with E-state index in [2.05, 4.69) is 79.3 Å². The van der Waals surface area contributed by atoms with E-state index in [1.165, 1.54) is 4.57 Å². The van der Waals surface area contributed by atoms with Crippen LogP contribution < -0.4 is 11.4 Å². The second-order valence-corrected chi connectivity index (χ2v) is 20.7. The molecule has 0 unspecified atom stereocenters. The number of hydrogen-bond acceptors (Lipinski definition) is 6. The molecule has 3 atom stereocenters. The van der Waals surface area contributed by atoms with Crippen LogP contribution in [0.15, 0.2) is 29.4 Å². The van der Waals surface area contributed by atoms with Gasteiger partial charge in [0.05, 0.1) is 0 Å². The minimum absolute atomic E-state index is 0.00643. The molecule has 0 radical (unpaired) electrons. The summed E-state index contributed by atoms with van der Waals surface area (Å²) < 4.78 is 21.0. The number of rotatable bonds is 5. The number of nitrogen functional groups attached to an aromatic ring is 1. The molecule has 2 N–H and O–H groups in total. The fourth-order valence-electron chi connectivity index (χ4n) is 2.72. The van der Waals surface area contributed by atoms with E-state index in [-0.39, 0.29) is 15.9 Å². The first-order chi connectivity index (χ1) is 13.4. The fourth-order valence-corrected chi connectivity index (χ4v) is 5.25. The van der Waals surface area contributed by atoms with Crippen LogP contribution in [0.4, 0.5) is 5.82 Å². The Morgan fingerprint density at radius 3 is 2.03 bits per heavy atom. The molecule has 1 aliphatic heterocycles. The molecule has 2 heterocycles. The highest BCUT2D eigenvalue weighted by Gasteiger charge is 2.52. The Hall–Kier alpha value is -1.43. The van der Waals surface area contributed by atoms with Gasteiger partial charge in [0.2, 0.25) is 6.23 Å². The van der Waals surface area contributed by atoms with Crippen LogP contribution in [0, 0.1) is 0 Å². The second kappa shape index (κ2) is 7.92. The summed E-state index contributed by atoms with van der Waals surface area (Å²) in [5.74, 6) is 0.654. The normalized spacial score (nSPS) is 23.5. The lowest BCUT2D eigenvalue weighted by Crippen LogP contribution is -2.52. The summed E-state index contributed by atoms with van der Waals surface area (Å²) in [6.45, 7) is 26.0. The maximum Gasteiger partial charge on any atom is 0.352 e. The molecule has 1 saturated heterocycles. The molecular weight excluding hydrogens is 414 g/mol. The molecule has 0 aliphatic carbocycles. The van der Waals surface area contributed by atoms with E-state index in [0.29, 0.717) is 5.76 Å². The van der Waals surface area contributed by atoms with Gasteiger partial charge in [-0.1, -0.05) is 48.1 Å².